The highest BCUT2D eigenvalue weighted by Gasteiger charge is 2.42. The van der Waals surface area contributed by atoms with E-state index < -0.39 is 15.6 Å². The molecule has 0 spiro atoms. The average molecular weight is 315 g/mol. The summed E-state index contributed by atoms with van der Waals surface area (Å²) in [4.78, 5) is 0. The molecule has 1 fully saturated rings. The number of H-pyrrole nitrogens is 1. The highest BCUT2D eigenvalue weighted by molar-refractivity contribution is 7.89. The number of aromatic amines is 1. The highest BCUT2D eigenvalue weighted by atomic mass is 32.2. The van der Waals surface area contributed by atoms with Crippen molar-refractivity contribution in [2.24, 2.45) is 16.8 Å². The molecule has 0 aliphatic heterocycles. The van der Waals surface area contributed by atoms with Gasteiger partial charge in [-0.25, -0.2) is 8.42 Å². The molecule has 21 heavy (non-hydrogen) atoms. The van der Waals surface area contributed by atoms with Crippen molar-refractivity contribution in [3.63, 3.8) is 0 Å². The van der Waals surface area contributed by atoms with Gasteiger partial charge in [0, 0.05) is 0 Å². The summed E-state index contributed by atoms with van der Waals surface area (Å²) in [5.74, 6) is 0.446. The molecule has 1 heterocycles. The second-order valence-corrected chi connectivity index (χ2v) is 7.10. The van der Waals surface area contributed by atoms with Gasteiger partial charge in [-0.3, -0.25) is 5.10 Å². The van der Waals surface area contributed by atoms with Crippen LogP contribution < -0.4 is 10.5 Å². The van der Waals surface area contributed by atoms with Crippen LogP contribution in [0.2, 0.25) is 0 Å². The van der Waals surface area contributed by atoms with Gasteiger partial charge in [-0.05, 0) is 37.7 Å². The van der Waals surface area contributed by atoms with E-state index in [9.17, 15) is 8.42 Å². The fourth-order valence-corrected chi connectivity index (χ4v) is 4.14. The van der Waals surface area contributed by atoms with Gasteiger partial charge in [0.15, 0.2) is 10.9 Å². The van der Waals surface area contributed by atoms with Crippen LogP contribution in [0.3, 0.4) is 0 Å². The van der Waals surface area contributed by atoms with Crippen molar-refractivity contribution >= 4 is 15.9 Å². The summed E-state index contributed by atoms with van der Waals surface area (Å²) in [6.45, 7) is 2.11. The van der Waals surface area contributed by atoms with Crippen LogP contribution in [0.1, 0.15) is 39.0 Å². The van der Waals surface area contributed by atoms with Crippen molar-refractivity contribution in [2.75, 3.05) is 0 Å². The Hall–Kier alpha value is -1.61. The first kappa shape index (κ1) is 15.8. The lowest BCUT2D eigenvalue weighted by Crippen LogP contribution is -2.59. The van der Waals surface area contributed by atoms with Crippen LogP contribution in [0.25, 0.3) is 0 Å². The SMILES string of the molecule is CCC1CCC(NS(=O)(=O)c2ccn[nH]2)(C(N)=NO)CC1. The van der Waals surface area contributed by atoms with Crippen molar-refractivity contribution in [2.45, 2.75) is 49.6 Å². The zero-order valence-electron chi connectivity index (χ0n) is 11.9. The maximum absolute atomic E-state index is 12.4. The summed E-state index contributed by atoms with van der Waals surface area (Å²) in [6.07, 6.45) is 5.08. The zero-order chi connectivity index (χ0) is 15.5. The summed E-state index contributed by atoms with van der Waals surface area (Å²) < 4.78 is 27.3. The maximum atomic E-state index is 12.4. The highest BCUT2D eigenvalue weighted by Crippen LogP contribution is 2.35. The van der Waals surface area contributed by atoms with Crippen molar-refractivity contribution < 1.29 is 13.6 Å². The number of hydrogen-bond acceptors (Lipinski definition) is 5. The normalized spacial score (nSPS) is 27.7. The van der Waals surface area contributed by atoms with Crippen molar-refractivity contribution in [1.29, 1.82) is 0 Å². The summed E-state index contributed by atoms with van der Waals surface area (Å²) in [5.41, 5.74) is 4.74. The fourth-order valence-electron chi connectivity index (χ4n) is 2.79. The van der Waals surface area contributed by atoms with Gasteiger partial charge < -0.3 is 10.9 Å². The van der Waals surface area contributed by atoms with Gasteiger partial charge in [-0.1, -0.05) is 18.5 Å². The van der Waals surface area contributed by atoms with Crippen LogP contribution >= 0.6 is 0 Å². The number of amidine groups is 1. The molecule has 0 radical (unpaired) electrons. The number of rotatable bonds is 5. The predicted molar refractivity (Wildman–Crippen MR) is 77.3 cm³/mol. The third-order valence-corrected chi connectivity index (χ3v) is 5.69. The number of aromatic nitrogens is 2. The van der Waals surface area contributed by atoms with Crippen LogP contribution in [0.15, 0.2) is 22.4 Å². The quantitative estimate of drug-likeness (QED) is 0.276. The molecule has 8 nitrogen and oxygen atoms in total. The molecule has 5 N–H and O–H groups in total. The molecule has 0 unspecified atom stereocenters. The number of nitrogens with two attached hydrogens (primary N) is 1. The standard InChI is InChI=1S/C12H21N5O3S/c1-2-9-3-6-12(7-4-9,11(13)16-18)17-21(19,20)10-5-8-14-15-10/h5,8-9,17-18H,2-4,6-7H2,1H3,(H2,13,16)(H,14,15). The summed E-state index contributed by atoms with van der Waals surface area (Å²) in [6, 6.07) is 1.36. The molecule has 0 aromatic carbocycles. The van der Waals surface area contributed by atoms with Gasteiger partial charge >= 0.3 is 0 Å². The third-order valence-electron chi connectivity index (χ3n) is 4.23. The Morgan fingerprint density at radius 1 is 1.62 bits per heavy atom. The summed E-state index contributed by atoms with van der Waals surface area (Å²) in [5, 5.41) is 18.1. The predicted octanol–water partition coefficient (Wildman–Crippen LogP) is 0.773. The van der Waals surface area contributed by atoms with Crippen LogP contribution in [0.4, 0.5) is 0 Å². The summed E-state index contributed by atoms with van der Waals surface area (Å²) >= 11 is 0. The van der Waals surface area contributed by atoms with Crippen LogP contribution in [0, 0.1) is 5.92 Å². The Morgan fingerprint density at radius 2 is 2.29 bits per heavy atom. The summed E-state index contributed by atoms with van der Waals surface area (Å²) in [7, 11) is -3.79. The van der Waals surface area contributed by atoms with E-state index in [1.165, 1.54) is 12.3 Å². The first-order chi connectivity index (χ1) is 9.93. The van der Waals surface area contributed by atoms with Crippen molar-refractivity contribution in [3.8, 4) is 0 Å². The van der Waals surface area contributed by atoms with Gasteiger partial charge in [-0.15, -0.1) is 0 Å². The van der Waals surface area contributed by atoms with Gasteiger partial charge in [0.25, 0.3) is 10.0 Å². The van der Waals surface area contributed by atoms with Crippen LogP contribution in [-0.2, 0) is 10.0 Å². The van der Waals surface area contributed by atoms with E-state index in [0.29, 0.717) is 18.8 Å². The number of sulfonamides is 1. The van der Waals surface area contributed by atoms with E-state index in [4.69, 9.17) is 10.9 Å². The van der Waals surface area contributed by atoms with Crippen LogP contribution in [0.5, 0.6) is 0 Å². The largest absolute Gasteiger partial charge is 0.409 e. The van der Waals surface area contributed by atoms with Crippen molar-refractivity contribution in [3.05, 3.63) is 12.3 Å². The molecule has 2 rings (SSSR count). The topological polar surface area (TPSA) is 133 Å². The molecule has 0 amide bonds. The maximum Gasteiger partial charge on any atom is 0.258 e. The Bertz CT molecular complexity index is 588. The Labute approximate surface area is 123 Å². The van der Waals surface area contributed by atoms with E-state index in [0.717, 1.165) is 19.3 Å². The molecule has 1 aliphatic carbocycles. The van der Waals surface area contributed by atoms with E-state index in [1.807, 2.05) is 0 Å². The molecule has 0 saturated heterocycles. The zero-order valence-corrected chi connectivity index (χ0v) is 12.7. The van der Waals surface area contributed by atoms with E-state index >= 15 is 0 Å². The lowest BCUT2D eigenvalue weighted by atomic mass is 9.75. The van der Waals surface area contributed by atoms with Gasteiger partial charge in [0.1, 0.15) is 0 Å². The second kappa shape index (κ2) is 6.02. The molecule has 9 heteroatoms. The Balaban J connectivity index is 2.27. The second-order valence-electron chi connectivity index (χ2n) is 5.45. The molecular weight excluding hydrogens is 294 g/mol. The number of nitrogens with zero attached hydrogens (tertiary/aromatic N) is 2. The number of oxime groups is 1. The van der Waals surface area contributed by atoms with Gasteiger partial charge in [0.05, 0.1) is 11.7 Å². The molecular formula is C12H21N5O3S. The van der Waals surface area contributed by atoms with Gasteiger partial charge in [-0.2, -0.15) is 9.82 Å². The minimum absolute atomic E-state index is 0.0368. The van der Waals surface area contributed by atoms with Crippen molar-refractivity contribution in [1.82, 2.24) is 14.9 Å². The van der Waals surface area contributed by atoms with E-state index in [2.05, 4.69) is 27.0 Å². The molecule has 1 aliphatic rings. The number of nitrogens with one attached hydrogen (secondary N) is 2. The molecule has 1 aromatic rings. The van der Waals surface area contributed by atoms with Crippen LogP contribution in [-0.4, -0.2) is 35.2 Å². The smallest absolute Gasteiger partial charge is 0.258 e. The first-order valence-electron chi connectivity index (χ1n) is 6.95. The monoisotopic (exact) mass is 315 g/mol. The average Bonchev–Trinajstić information content (AvgIpc) is 3.02. The van der Waals surface area contributed by atoms with Gasteiger partial charge in [0.2, 0.25) is 0 Å². The minimum Gasteiger partial charge on any atom is -0.409 e. The first-order valence-corrected chi connectivity index (χ1v) is 8.43. The van der Waals surface area contributed by atoms with E-state index in [1.54, 1.807) is 0 Å². The fraction of sp³-hybridized carbons (Fsp3) is 0.667. The lowest BCUT2D eigenvalue weighted by molar-refractivity contribution is 0.253. The number of hydrogen-bond donors (Lipinski definition) is 4. The Kier molecular flexibility index (Phi) is 4.52. The molecule has 118 valence electrons. The molecule has 1 saturated carbocycles. The molecule has 0 bridgehead atoms. The third kappa shape index (κ3) is 3.18. The molecule has 1 aromatic heterocycles. The lowest BCUT2D eigenvalue weighted by Gasteiger charge is -2.39. The van der Waals surface area contributed by atoms with E-state index in [-0.39, 0.29) is 10.9 Å². The Morgan fingerprint density at radius 3 is 2.76 bits per heavy atom. The molecule has 0 atom stereocenters. The minimum atomic E-state index is -3.79.